The highest BCUT2D eigenvalue weighted by Gasteiger charge is 2.51. The molecular weight excluding hydrogens is 431 g/mol. The van der Waals surface area contributed by atoms with Crippen molar-refractivity contribution in [2.45, 2.75) is 96.3 Å². The summed E-state index contributed by atoms with van der Waals surface area (Å²) in [6.07, 6.45) is 6.28. The molecule has 0 unspecified atom stereocenters. The van der Waals surface area contributed by atoms with E-state index in [0.29, 0.717) is 56.5 Å². The van der Waals surface area contributed by atoms with Crippen molar-refractivity contribution in [2.24, 2.45) is 23.2 Å². The molecule has 3 saturated carbocycles. The molecule has 0 spiro atoms. The lowest BCUT2D eigenvalue weighted by Gasteiger charge is -2.45. The lowest BCUT2D eigenvalue weighted by molar-refractivity contribution is -0.340. The van der Waals surface area contributed by atoms with Crippen molar-refractivity contribution >= 4 is 0 Å². The highest BCUT2D eigenvalue weighted by atomic mass is 19.4. The molecule has 188 valence electrons. The maximum atomic E-state index is 12.6. The van der Waals surface area contributed by atoms with E-state index in [1.807, 2.05) is 0 Å². The van der Waals surface area contributed by atoms with Crippen LogP contribution in [0.2, 0.25) is 0 Å². The van der Waals surface area contributed by atoms with Crippen molar-refractivity contribution in [2.75, 3.05) is 19.6 Å². The van der Waals surface area contributed by atoms with E-state index in [2.05, 4.69) is 35.6 Å². The van der Waals surface area contributed by atoms with E-state index >= 15 is 0 Å². The van der Waals surface area contributed by atoms with Crippen molar-refractivity contribution in [1.29, 1.82) is 0 Å². The fourth-order valence-electron chi connectivity index (χ4n) is 7.53. The molecule has 7 heteroatoms. The number of hydrogen-bond acceptors (Lipinski definition) is 4. The van der Waals surface area contributed by atoms with Crippen LogP contribution in [0.4, 0.5) is 13.2 Å². The third-order valence-corrected chi connectivity index (χ3v) is 8.87. The van der Waals surface area contributed by atoms with E-state index in [0.717, 1.165) is 18.5 Å². The Kier molecular flexibility index (Phi) is 7.64. The van der Waals surface area contributed by atoms with Crippen molar-refractivity contribution in [3.8, 4) is 0 Å². The van der Waals surface area contributed by atoms with Gasteiger partial charge in [-0.1, -0.05) is 37.1 Å². The zero-order valence-electron chi connectivity index (χ0n) is 20.0. The third-order valence-electron chi connectivity index (χ3n) is 8.87. The first-order valence-corrected chi connectivity index (χ1v) is 12.7. The molecular formula is C26H40F3NO3. The van der Waals surface area contributed by atoms with Gasteiger partial charge in [-0.25, -0.2) is 0 Å². The number of aliphatic hydroxyl groups is 2. The number of ether oxygens (including phenoxy) is 1. The number of fused-ring (bicyclic) bond motifs is 1. The first-order valence-electron chi connectivity index (χ1n) is 12.7. The van der Waals surface area contributed by atoms with Gasteiger partial charge in [-0.05, 0) is 81.0 Å². The third kappa shape index (κ3) is 6.03. The van der Waals surface area contributed by atoms with E-state index in [1.54, 1.807) is 0 Å². The molecule has 3 aliphatic carbocycles. The quantitative estimate of drug-likeness (QED) is 0.578. The molecule has 4 aliphatic rings. The average Bonchev–Trinajstić information content (AvgIpc) is 3.27. The lowest BCUT2D eigenvalue weighted by Crippen LogP contribution is -2.39. The van der Waals surface area contributed by atoms with Gasteiger partial charge in [0.1, 0.15) is 0 Å². The highest BCUT2D eigenvalue weighted by Crippen LogP contribution is 2.59. The fraction of sp³-hybridized carbons (Fsp3) is 0.846. The number of nitrogens with zero attached hydrogens (tertiary/aromatic N) is 1. The molecule has 4 fully saturated rings. The molecule has 1 aliphatic heterocycles. The smallest absolute Gasteiger partial charge is 0.393 e. The van der Waals surface area contributed by atoms with Crippen molar-refractivity contribution in [3.63, 3.8) is 0 Å². The highest BCUT2D eigenvalue weighted by molar-refractivity contribution is 5.26. The average molecular weight is 472 g/mol. The number of alkyl halides is 3. The van der Waals surface area contributed by atoms with E-state index in [9.17, 15) is 23.4 Å². The standard InChI is InChI=1S/C26H40F3NO3/c1-17(15-30-11-9-22(16-30)33-26(27,28)29)23-7-8-24-19(4-3-10-25(23,24)2)6-5-18-12-20(31)14-21(32)13-18/h5-6,17,20-24,31-32H,3-4,7-16H2,1-2H3/b19-6+/t17-,20-,21-,22+,23-,24+,25-/m1/s1. The lowest BCUT2D eigenvalue weighted by atomic mass is 9.61. The van der Waals surface area contributed by atoms with Gasteiger partial charge < -0.3 is 15.1 Å². The Morgan fingerprint density at radius 3 is 2.58 bits per heavy atom. The van der Waals surface area contributed by atoms with Gasteiger partial charge in [-0.15, -0.1) is 13.2 Å². The Morgan fingerprint density at radius 2 is 1.88 bits per heavy atom. The summed E-state index contributed by atoms with van der Waals surface area (Å²) in [5.74, 6) is 1.56. The Bertz CT molecular complexity index is 740. The van der Waals surface area contributed by atoms with Gasteiger partial charge >= 0.3 is 6.36 Å². The van der Waals surface area contributed by atoms with E-state index in [-0.39, 0.29) is 5.41 Å². The number of rotatable bonds is 5. The van der Waals surface area contributed by atoms with E-state index in [4.69, 9.17) is 0 Å². The fourth-order valence-corrected chi connectivity index (χ4v) is 7.53. The summed E-state index contributed by atoms with van der Waals surface area (Å²) in [6.45, 7) is 6.59. The van der Waals surface area contributed by atoms with Crippen molar-refractivity contribution in [1.82, 2.24) is 4.90 Å². The summed E-state index contributed by atoms with van der Waals surface area (Å²) in [5, 5.41) is 19.9. The summed E-state index contributed by atoms with van der Waals surface area (Å²) in [7, 11) is 0. The summed E-state index contributed by atoms with van der Waals surface area (Å²) in [5.41, 5.74) is 2.86. The van der Waals surface area contributed by atoms with Crippen LogP contribution in [0.15, 0.2) is 23.3 Å². The second-order valence-electron chi connectivity index (χ2n) is 11.3. The molecule has 7 atom stereocenters. The van der Waals surface area contributed by atoms with Gasteiger partial charge in [0.15, 0.2) is 0 Å². The molecule has 0 radical (unpaired) electrons. The van der Waals surface area contributed by atoms with Gasteiger partial charge in [0.05, 0.1) is 18.3 Å². The molecule has 33 heavy (non-hydrogen) atoms. The SMILES string of the molecule is C[C@H](CN1CC[C@H](OC(F)(F)F)C1)[C@H]1CC[C@H]2/C(=C/C=C3C[C@@H](O)C[C@H](O)C3)CCC[C@]12C. The predicted molar refractivity (Wildman–Crippen MR) is 121 cm³/mol. The van der Waals surface area contributed by atoms with Crippen molar-refractivity contribution in [3.05, 3.63) is 23.3 Å². The van der Waals surface area contributed by atoms with Crippen LogP contribution in [0.1, 0.15) is 71.6 Å². The van der Waals surface area contributed by atoms with Crippen LogP contribution in [-0.4, -0.2) is 59.4 Å². The molecule has 0 aromatic heterocycles. The number of likely N-dealkylation sites (tertiary alicyclic amines) is 1. The molecule has 1 heterocycles. The molecule has 4 nitrogen and oxygen atoms in total. The molecule has 2 N–H and O–H groups in total. The summed E-state index contributed by atoms with van der Waals surface area (Å²) in [4.78, 5) is 2.15. The Morgan fingerprint density at radius 1 is 1.15 bits per heavy atom. The van der Waals surface area contributed by atoms with Crippen LogP contribution in [0.3, 0.4) is 0 Å². The van der Waals surface area contributed by atoms with Gasteiger partial charge in [0, 0.05) is 19.6 Å². The Hall–Kier alpha value is -0.890. The largest absolute Gasteiger partial charge is 0.522 e. The summed E-state index contributed by atoms with van der Waals surface area (Å²) < 4.78 is 41.9. The predicted octanol–water partition coefficient (Wildman–Crippen LogP) is 5.21. The van der Waals surface area contributed by atoms with Gasteiger partial charge in [0.2, 0.25) is 0 Å². The first-order chi connectivity index (χ1) is 15.5. The Labute approximate surface area is 195 Å². The number of allylic oxidation sites excluding steroid dienone is 3. The molecule has 0 aromatic rings. The van der Waals surface area contributed by atoms with E-state index < -0.39 is 24.7 Å². The van der Waals surface area contributed by atoms with E-state index in [1.165, 1.54) is 31.3 Å². The number of hydrogen-bond donors (Lipinski definition) is 2. The van der Waals surface area contributed by atoms with Crippen LogP contribution >= 0.6 is 0 Å². The second kappa shape index (κ2) is 10.00. The van der Waals surface area contributed by atoms with Gasteiger partial charge in [0.25, 0.3) is 0 Å². The van der Waals surface area contributed by atoms with Crippen LogP contribution in [-0.2, 0) is 4.74 Å². The zero-order valence-corrected chi connectivity index (χ0v) is 20.0. The van der Waals surface area contributed by atoms with Crippen molar-refractivity contribution < 1.29 is 28.1 Å². The summed E-state index contributed by atoms with van der Waals surface area (Å²) >= 11 is 0. The maximum absolute atomic E-state index is 12.6. The molecule has 0 amide bonds. The minimum Gasteiger partial charge on any atom is -0.393 e. The number of aliphatic hydroxyl groups excluding tert-OH is 2. The molecule has 0 aromatic carbocycles. The molecule has 0 bridgehead atoms. The first kappa shape index (κ1) is 25.2. The molecule has 1 saturated heterocycles. The van der Waals surface area contributed by atoms with Crippen LogP contribution in [0.5, 0.6) is 0 Å². The number of halogens is 3. The van der Waals surface area contributed by atoms with Crippen LogP contribution < -0.4 is 0 Å². The second-order valence-corrected chi connectivity index (χ2v) is 11.3. The van der Waals surface area contributed by atoms with Gasteiger partial charge in [-0.2, -0.15) is 0 Å². The molecule has 4 rings (SSSR count). The topological polar surface area (TPSA) is 52.9 Å². The summed E-state index contributed by atoms with van der Waals surface area (Å²) in [6, 6.07) is 0. The maximum Gasteiger partial charge on any atom is 0.522 e. The minimum absolute atomic E-state index is 0.231. The minimum atomic E-state index is -4.55. The zero-order chi connectivity index (χ0) is 23.8. The van der Waals surface area contributed by atoms with Crippen LogP contribution in [0.25, 0.3) is 0 Å². The van der Waals surface area contributed by atoms with Crippen LogP contribution in [0, 0.1) is 23.2 Å². The Balaban J connectivity index is 1.38. The van der Waals surface area contributed by atoms with Gasteiger partial charge in [-0.3, -0.25) is 4.74 Å². The monoisotopic (exact) mass is 471 g/mol. The normalized spacial score (nSPS) is 40.3.